The second kappa shape index (κ2) is 10.4. The van der Waals surface area contributed by atoms with Gasteiger partial charge in [0.25, 0.3) is 5.91 Å². The van der Waals surface area contributed by atoms with Crippen LogP contribution in [0.5, 0.6) is 0 Å². The number of carbonyl (C=O) groups is 3. The predicted molar refractivity (Wildman–Crippen MR) is 124 cm³/mol. The van der Waals surface area contributed by atoms with Gasteiger partial charge < -0.3 is 20.3 Å². The Morgan fingerprint density at radius 1 is 1.00 bits per heavy atom. The zero-order chi connectivity index (χ0) is 23.3. The van der Waals surface area contributed by atoms with Crippen LogP contribution in [0.2, 0.25) is 0 Å². The molecule has 170 valence electrons. The van der Waals surface area contributed by atoms with Gasteiger partial charge in [-0.3, -0.25) is 14.4 Å². The van der Waals surface area contributed by atoms with E-state index in [2.05, 4.69) is 10.6 Å². The fraction of sp³-hybridized carbons (Fsp3) is 0.400. The number of hydrogen-bond acceptors (Lipinski definition) is 4. The number of carbonyl (C=O) groups excluding carboxylic acids is 3. The molecule has 0 aromatic heterocycles. The molecule has 0 bridgehead atoms. The highest BCUT2D eigenvalue weighted by molar-refractivity contribution is 6.07. The standard InChI is InChI=1S/C25H31N3O4/c1-16(2)32-15-9-14-26-23(29)17(3)24(30)27-22-20-12-6-5-10-18(20)19-11-7-8-13-21(19)28(4)25(22)31/h5-8,10-13,16-17,22H,9,14-15H2,1-4H3,(H,26,29)(H,27,30). The normalized spacial score (nSPS) is 16.1. The Kier molecular flexibility index (Phi) is 7.64. The van der Waals surface area contributed by atoms with Gasteiger partial charge in [0.15, 0.2) is 0 Å². The van der Waals surface area contributed by atoms with Crippen molar-refractivity contribution in [3.8, 4) is 11.1 Å². The fourth-order valence-corrected chi connectivity index (χ4v) is 3.71. The molecule has 2 unspecified atom stereocenters. The first-order valence-corrected chi connectivity index (χ1v) is 11.0. The fourth-order valence-electron chi connectivity index (χ4n) is 3.71. The molecule has 1 aliphatic heterocycles. The van der Waals surface area contributed by atoms with E-state index in [-0.39, 0.29) is 17.9 Å². The monoisotopic (exact) mass is 437 g/mol. The van der Waals surface area contributed by atoms with Crippen LogP contribution in [0.1, 0.15) is 38.8 Å². The maximum atomic E-state index is 13.3. The van der Waals surface area contributed by atoms with E-state index in [1.165, 1.54) is 0 Å². The molecule has 32 heavy (non-hydrogen) atoms. The van der Waals surface area contributed by atoms with Crippen molar-refractivity contribution in [2.45, 2.75) is 39.3 Å². The summed E-state index contributed by atoms with van der Waals surface area (Å²) in [4.78, 5) is 40.2. The molecule has 2 aromatic carbocycles. The van der Waals surface area contributed by atoms with Gasteiger partial charge in [0.2, 0.25) is 11.8 Å². The zero-order valence-electron chi connectivity index (χ0n) is 19.1. The van der Waals surface area contributed by atoms with E-state index in [1.54, 1.807) is 18.9 Å². The van der Waals surface area contributed by atoms with Crippen molar-refractivity contribution in [2.75, 3.05) is 25.1 Å². The third-order valence-electron chi connectivity index (χ3n) is 5.55. The number of benzene rings is 2. The molecule has 7 nitrogen and oxygen atoms in total. The van der Waals surface area contributed by atoms with Gasteiger partial charge in [0.1, 0.15) is 12.0 Å². The van der Waals surface area contributed by atoms with E-state index in [0.29, 0.717) is 25.1 Å². The van der Waals surface area contributed by atoms with Crippen molar-refractivity contribution in [1.29, 1.82) is 0 Å². The van der Waals surface area contributed by atoms with Gasteiger partial charge in [-0.15, -0.1) is 0 Å². The van der Waals surface area contributed by atoms with Crippen molar-refractivity contribution in [3.05, 3.63) is 54.1 Å². The Labute approximate surface area is 189 Å². The van der Waals surface area contributed by atoms with Crippen molar-refractivity contribution < 1.29 is 19.1 Å². The van der Waals surface area contributed by atoms with Crippen LogP contribution in [0.3, 0.4) is 0 Å². The quantitative estimate of drug-likeness (QED) is 0.491. The van der Waals surface area contributed by atoms with Gasteiger partial charge in [0, 0.05) is 25.8 Å². The number of para-hydroxylation sites is 1. The van der Waals surface area contributed by atoms with Gasteiger partial charge in [-0.1, -0.05) is 42.5 Å². The second-order valence-electron chi connectivity index (χ2n) is 8.23. The molecule has 0 saturated heterocycles. The van der Waals surface area contributed by atoms with Gasteiger partial charge in [-0.2, -0.15) is 0 Å². The average molecular weight is 438 g/mol. The first kappa shape index (κ1) is 23.5. The topological polar surface area (TPSA) is 87.7 Å². The Hall–Kier alpha value is -3.19. The maximum absolute atomic E-state index is 13.3. The van der Waals surface area contributed by atoms with Crippen LogP contribution in [0.15, 0.2) is 48.5 Å². The lowest BCUT2D eigenvalue weighted by Gasteiger charge is -2.24. The summed E-state index contributed by atoms with van der Waals surface area (Å²) < 4.78 is 5.45. The van der Waals surface area contributed by atoms with Crippen LogP contribution in [-0.2, 0) is 19.1 Å². The molecular weight excluding hydrogens is 406 g/mol. The van der Waals surface area contributed by atoms with Gasteiger partial charge in [-0.25, -0.2) is 0 Å². The largest absolute Gasteiger partial charge is 0.379 e. The number of nitrogens with one attached hydrogen (secondary N) is 2. The van der Waals surface area contributed by atoms with Crippen molar-refractivity contribution in [1.82, 2.24) is 10.6 Å². The van der Waals surface area contributed by atoms with Crippen LogP contribution in [0, 0.1) is 5.92 Å². The van der Waals surface area contributed by atoms with Crippen LogP contribution >= 0.6 is 0 Å². The number of rotatable bonds is 8. The lowest BCUT2D eigenvalue weighted by molar-refractivity contribution is -0.136. The number of ether oxygens (including phenoxy) is 1. The number of hydrogen-bond donors (Lipinski definition) is 2. The summed E-state index contributed by atoms with van der Waals surface area (Å²) in [6.07, 6.45) is 0.801. The smallest absolute Gasteiger partial charge is 0.253 e. The average Bonchev–Trinajstić information content (AvgIpc) is 2.88. The van der Waals surface area contributed by atoms with E-state index in [1.807, 2.05) is 62.4 Å². The number of amides is 3. The van der Waals surface area contributed by atoms with Crippen LogP contribution in [-0.4, -0.2) is 44.0 Å². The van der Waals surface area contributed by atoms with E-state index >= 15 is 0 Å². The molecule has 2 N–H and O–H groups in total. The molecule has 0 spiro atoms. The molecule has 3 amide bonds. The first-order valence-electron chi connectivity index (χ1n) is 11.0. The van der Waals surface area contributed by atoms with E-state index in [9.17, 15) is 14.4 Å². The maximum Gasteiger partial charge on any atom is 0.253 e. The van der Waals surface area contributed by atoms with Crippen LogP contribution in [0.25, 0.3) is 11.1 Å². The highest BCUT2D eigenvalue weighted by Gasteiger charge is 2.34. The van der Waals surface area contributed by atoms with Gasteiger partial charge in [0.05, 0.1) is 11.8 Å². The molecule has 2 atom stereocenters. The molecule has 2 aromatic rings. The molecule has 7 heteroatoms. The van der Waals surface area contributed by atoms with Crippen molar-refractivity contribution >= 4 is 23.4 Å². The van der Waals surface area contributed by atoms with E-state index in [0.717, 1.165) is 16.8 Å². The van der Waals surface area contributed by atoms with Crippen molar-refractivity contribution in [3.63, 3.8) is 0 Å². The molecule has 0 aliphatic carbocycles. The molecule has 1 heterocycles. The minimum atomic E-state index is -0.933. The first-order chi connectivity index (χ1) is 15.3. The predicted octanol–water partition coefficient (Wildman–Crippen LogP) is 3.05. The van der Waals surface area contributed by atoms with E-state index in [4.69, 9.17) is 4.74 Å². The Bertz CT molecular complexity index is 989. The number of fused-ring (bicyclic) bond motifs is 3. The molecule has 0 saturated carbocycles. The molecule has 1 aliphatic rings. The minimum absolute atomic E-state index is 0.139. The molecule has 0 radical (unpaired) electrons. The summed E-state index contributed by atoms with van der Waals surface area (Å²) in [5.74, 6) is -2.06. The highest BCUT2D eigenvalue weighted by atomic mass is 16.5. The molecular formula is C25H31N3O4. The lowest BCUT2D eigenvalue weighted by Crippen LogP contribution is -2.46. The molecule has 3 rings (SSSR count). The minimum Gasteiger partial charge on any atom is -0.379 e. The molecule has 0 fully saturated rings. The third kappa shape index (κ3) is 5.16. The summed E-state index contributed by atoms with van der Waals surface area (Å²) >= 11 is 0. The highest BCUT2D eigenvalue weighted by Crippen LogP contribution is 2.39. The number of nitrogens with zero attached hydrogens (tertiary/aromatic N) is 1. The Balaban J connectivity index is 1.73. The van der Waals surface area contributed by atoms with Gasteiger partial charge >= 0.3 is 0 Å². The summed E-state index contributed by atoms with van der Waals surface area (Å²) in [5, 5.41) is 5.58. The third-order valence-corrected chi connectivity index (χ3v) is 5.55. The van der Waals surface area contributed by atoms with Crippen LogP contribution in [0.4, 0.5) is 5.69 Å². The van der Waals surface area contributed by atoms with Gasteiger partial charge in [-0.05, 0) is 44.4 Å². The zero-order valence-corrected chi connectivity index (χ0v) is 19.1. The summed E-state index contributed by atoms with van der Waals surface area (Å²) in [6.45, 7) is 6.41. The van der Waals surface area contributed by atoms with Crippen molar-refractivity contribution in [2.24, 2.45) is 5.92 Å². The summed E-state index contributed by atoms with van der Waals surface area (Å²) in [7, 11) is 1.70. The second-order valence-corrected chi connectivity index (χ2v) is 8.23. The Morgan fingerprint density at radius 2 is 1.66 bits per heavy atom. The Morgan fingerprint density at radius 3 is 2.38 bits per heavy atom. The lowest BCUT2D eigenvalue weighted by atomic mass is 9.95. The number of anilines is 1. The van der Waals surface area contributed by atoms with E-state index < -0.39 is 17.9 Å². The summed E-state index contributed by atoms with van der Waals surface area (Å²) in [5.41, 5.74) is 3.29. The SMILES string of the molecule is CC(C)OCCCNC(=O)C(C)C(=O)NC1C(=O)N(C)c2ccccc2-c2ccccc21. The van der Waals surface area contributed by atoms with Crippen LogP contribution < -0.4 is 15.5 Å². The summed E-state index contributed by atoms with van der Waals surface area (Å²) in [6, 6.07) is 14.3. The number of likely N-dealkylation sites (N-methyl/N-ethyl adjacent to an activating group) is 1.